The van der Waals surface area contributed by atoms with E-state index >= 15 is 0 Å². The summed E-state index contributed by atoms with van der Waals surface area (Å²) < 4.78 is 17.4. The molecule has 0 aliphatic carbocycles. The summed E-state index contributed by atoms with van der Waals surface area (Å²) in [5.74, 6) is 2.67. The van der Waals surface area contributed by atoms with Crippen molar-refractivity contribution >= 4 is 11.8 Å². The van der Waals surface area contributed by atoms with Crippen LogP contribution >= 0.6 is 11.8 Å². The van der Waals surface area contributed by atoms with E-state index in [4.69, 9.17) is 13.9 Å². The Kier molecular flexibility index (Phi) is 4.36. The van der Waals surface area contributed by atoms with Crippen molar-refractivity contribution in [2.75, 3.05) is 6.61 Å². The number of aromatic nitrogens is 2. The lowest BCUT2D eigenvalue weighted by atomic mass is 10.1. The van der Waals surface area contributed by atoms with Gasteiger partial charge in [-0.15, -0.1) is 10.2 Å². The molecular formula is C19H18N2O3S. The number of hydrogen-bond acceptors (Lipinski definition) is 6. The first-order chi connectivity index (χ1) is 12.2. The Hall–Kier alpha value is -2.47. The molecule has 1 aliphatic heterocycles. The summed E-state index contributed by atoms with van der Waals surface area (Å²) in [7, 11) is 0. The Bertz CT molecular complexity index is 894. The predicted octanol–water partition coefficient (Wildman–Crippen LogP) is 4.49. The highest BCUT2D eigenvalue weighted by Gasteiger charge is 2.27. The van der Waals surface area contributed by atoms with Crippen LogP contribution in [0.1, 0.15) is 28.7 Å². The fourth-order valence-electron chi connectivity index (χ4n) is 2.65. The molecule has 1 unspecified atom stereocenters. The van der Waals surface area contributed by atoms with Gasteiger partial charge in [-0.2, -0.15) is 0 Å². The highest BCUT2D eigenvalue weighted by atomic mass is 32.2. The normalized spacial score (nSPS) is 16.0. The molecule has 5 nitrogen and oxygen atoms in total. The van der Waals surface area contributed by atoms with Gasteiger partial charge in [0.15, 0.2) is 11.5 Å². The van der Waals surface area contributed by atoms with Crippen LogP contribution in [0.2, 0.25) is 0 Å². The average molecular weight is 354 g/mol. The zero-order valence-corrected chi connectivity index (χ0v) is 14.9. The summed E-state index contributed by atoms with van der Waals surface area (Å²) in [6, 6.07) is 14.0. The van der Waals surface area contributed by atoms with Crippen molar-refractivity contribution < 1.29 is 13.9 Å². The van der Waals surface area contributed by atoms with Gasteiger partial charge >= 0.3 is 0 Å². The monoisotopic (exact) mass is 354 g/mol. The fourth-order valence-corrected chi connectivity index (χ4v) is 3.48. The van der Waals surface area contributed by atoms with Crippen LogP contribution < -0.4 is 9.47 Å². The van der Waals surface area contributed by atoms with Gasteiger partial charge in [-0.05, 0) is 37.1 Å². The molecule has 6 heteroatoms. The molecule has 2 aromatic carbocycles. The van der Waals surface area contributed by atoms with Gasteiger partial charge in [0, 0.05) is 5.75 Å². The summed E-state index contributed by atoms with van der Waals surface area (Å²) in [4.78, 5) is 0. The van der Waals surface area contributed by atoms with Crippen molar-refractivity contribution in [2.24, 2.45) is 0 Å². The minimum atomic E-state index is -0.377. The van der Waals surface area contributed by atoms with Crippen molar-refractivity contribution in [3.05, 3.63) is 65.0 Å². The van der Waals surface area contributed by atoms with Gasteiger partial charge in [0.25, 0.3) is 11.1 Å². The summed E-state index contributed by atoms with van der Waals surface area (Å²) >= 11 is 1.53. The van der Waals surface area contributed by atoms with E-state index in [0.717, 1.165) is 11.5 Å². The van der Waals surface area contributed by atoms with Gasteiger partial charge in [0.1, 0.15) is 6.61 Å². The molecule has 2 heterocycles. The Morgan fingerprint density at radius 2 is 1.92 bits per heavy atom. The molecule has 0 amide bonds. The van der Waals surface area contributed by atoms with Crippen molar-refractivity contribution in [3.8, 4) is 11.5 Å². The van der Waals surface area contributed by atoms with Crippen LogP contribution in [0.25, 0.3) is 0 Å². The number of rotatable bonds is 4. The zero-order chi connectivity index (χ0) is 17.2. The van der Waals surface area contributed by atoms with E-state index in [9.17, 15) is 0 Å². The van der Waals surface area contributed by atoms with E-state index < -0.39 is 0 Å². The first kappa shape index (κ1) is 16.0. The second-order valence-electron chi connectivity index (χ2n) is 5.99. The molecule has 1 aromatic heterocycles. The Labute approximate surface area is 150 Å². The molecule has 4 rings (SSSR count). The number of ether oxygens (including phenoxy) is 2. The molecule has 25 heavy (non-hydrogen) atoms. The first-order valence-electron chi connectivity index (χ1n) is 8.10. The molecule has 0 spiro atoms. The quantitative estimate of drug-likeness (QED) is 0.643. The van der Waals surface area contributed by atoms with Crippen LogP contribution in [0.4, 0.5) is 0 Å². The molecule has 0 radical (unpaired) electrons. The smallest absolute Gasteiger partial charge is 0.277 e. The number of nitrogens with zero attached hydrogens (tertiary/aromatic N) is 2. The minimum absolute atomic E-state index is 0.361. The van der Waals surface area contributed by atoms with Crippen LogP contribution in [-0.4, -0.2) is 16.8 Å². The summed E-state index contributed by atoms with van der Waals surface area (Å²) in [5.41, 5.74) is 3.79. The summed E-state index contributed by atoms with van der Waals surface area (Å²) in [6.45, 7) is 4.57. The maximum absolute atomic E-state index is 5.90. The van der Waals surface area contributed by atoms with E-state index in [1.165, 1.54) is 28.5 Å². The molecule has 0 N–H and O–H groups in total. The van der Waals surface area contributed by atoms with Crippen molar-refractivity contribution in [1.82, 2.24) is 10.2 Å². The molecule has 0 bridgehead atoms. The van der Waals surface area contributed by atoms with Crippen LogP contribution in [-0.2, 0) is 5.75 Å². The highest BCUT2D eigenvalue weighted by Crippen LogP contribution is 2.36. The molecular weight excluding hydrogens is 336 g/mol. The number of para-hydroxylation sites is 2. The molecule has 128 valence electrons. The lowest BCUT2D eigenvalue weighted by molar-refractivity contribution is 0.0686. The van der Waals surface area contributed by atoms with Crippen molar-refractivity contribution in [3.63, 3.8) is 0 Å². The average Bonchev–Trinajstić information content (AvgIpc) is 3.11. The zero-order valence-electron chi connectivity index (χ0n) is 14.1. The lowest BCUT2D eigenvalue weighted by Gasteiger charge is -2.23. The van der Waals surface area contributed by atoms with Gasteiger partial charge in [0.2, 0.25) is 6.10 Å². The molecule has 1 aliphatic rings. The van der Waals surface area contributed by atoms with Crippen molar-refractivity contribution in [1.29, 1.82) is 0 Å². The number of thioether (sulfide) groups is 1. The van der Waals surface area contributed by atoms with Gasteiger partial charge in [0.05, 0.1) is 0 Å². The van der Waals surface area contributed by atoms with Crippen LogP contribution in [0.3, 0.4) is 0 Å². The van der Waals surface area contributed by atoms with E-state index in [2.05, 4.69) is 42.2 Å². The SMILES string of the molecule is Cc1ccc(C)c(CSc2nnc(C3COc4ccccc4O3)o2)c1. The largest absolute Gasteiger partial charge is 0.485 e. The standard InChI is InChI=1S/C19H18N2O3S/c1-12-7-8-13(2)14(9-12)11-25-19-21-20-18(24-19)17-10-22-15-5-3-4-6-16(15)23-17/h3-9,17H,10-11H2,1-2H3. The maximum atomic E-state index is 5.90. The molecule has 0 saturated heterocycles. The third-order valence-corrected chi connectivity index (χ3v) is 4.93. The molecule has 3 aromatic rings. The van der Waals surface area contributed by atoms with E-state index in [1.807, 2.05) is 24.3 Å². The van der Waals surface area contributed by atoms with E-state index in [-0.39, 0.29) is 6.10 Å². The van der Waals surface area contributed by atoms with Crippen LogP contribution in [0, 0.1) is 13.8 Å². The van der Waals surface area contributed by atoms with Crippen LogP contribution in [0.5, 0.6) is 11.5 Å². The van der Waals surface area contributed by atoms with Gasteiger partial charge in [-0.3, -0.25) is 0 Å². The van der Waals surface area contributed by atoms with Crippen LogP contribution in [0.15, 0.2) is 52.1 Å². The topological polar surface area (TPSA) is 57.4 Å². The summed E-state index contributed by atoms with van der Waals surface area (Å²) in [5, 5.41) is 8.79. The Morgan fingerprint density at radius 1 is 1.08 bits per heavy atom. The van der Waals surface area contributed by atoms with Gasteiger partial charge in [-0.1, -0.05) is 47.7 Å². The van der Waals surface area contributed by atoms with E-state index in [0.29, 0.717) is 23.5 Å². The third kappa shape index (κ3) is 3.49. The van der Waals surface area contributed by atoms with Crippen molar-refractivity contribution in [2.45, 2.75) is 30.9 Å². The minimum Gasteiger partial charge on any atom is -0.485 e. The maximum Gasteiger partial charge on any atom is 0.277 e. The number of fused-ring (bicyclic) bond motifs is 1. The Morgan fingerprint density at radius 3 is 2.80 bits per heavy atom. The van der Waals surface area contributed by atoms with E-state index in [1.54, 1.807) is 0 Å². The van der Waals surface area contributed by atoms with Gasteiger partial charge < -0.3 is 13.9 Å². The second-order valence-corrected chi connectivity index (χ2v) is 6.92. The number of hydrogen-bond donors (Lipinski definition) is 0. The second kappa shape index (κ2) is 6.80. The molecule has 0 fully saturated rings. The molecule has 0 saturated carbocycles. The number of benzene rings is 2. The lowest BCUT2D eigenvalue weighted by Crippen LogP contribution is -2.21. The number of aryl methyl sites for hydroxylation is 2. The predicted molar refractivity (Wildman–Crippen MR) is 95.1 cm³/mol. The molecule has 1 atom stereocenters. The highest BCUT2D eigenvalue weighted by molar-refractivity contribution is 7.98. The van der Waals surface area contributed by atoms with Gasteiger partial charge in [-0.25, -0.2) is 0 Å². The Balaban J connectivity index is 1.43. The fraction of sp³-hybridized carbons (Fsp3) is 0.263. The summed E-state index contributed by atoms with van der Waals surface area (Å²) in [6.07, 6.45) is -0.377. The first-order valence-corrected chi connectivity index (χ1v) is 9.08. The third-order valence-electron chi connectivity index (χ3n) is 4.06.